The van der Waals surface area contributed by atoms with E-state index < -0.39 is 11.2 Å². The standard InChI is InChI=1S/C16H17N5O3/c22-14(19-7-5-13-17-8-9-18-13)6-10-21-12-4-2-1-3-11(12)15(23)20-16(21)24/h1-4,8-9H,5-7,10H2,(H,17,18)(H,19,22)(H,20,23,24). The van der Waals surface area contributed by atoms with Crippen molar-refractivity contribution in [3.63, 3.8) is 0 Å². The zero-order valence-electron chi connectivity index (χ0n) is 12.9. The lowest BCUT2D eigenvalue weighted by Gasteiger charge is -2.09. The van der Waals surface area contributed by atoms with Crippen LogP contribution in [-0.2, 0) is 17.8 Å². The van der Waals surface area contributed by atoms with Gasteiger partial charge in [0, 0.05) is 38.3 Å². The van der Waals surface area contributed by atoms with Gasteiger partial charge in [0.1, 0.15) is 5.82 Å². The number of nitrogens with one attached hydrogen (secondary N) is 3. The molecule has 1 amide bonds. The van der Waals surface area contributed by atoms with Crippen LogP contribution in [0.25, 0.3) is 10.9 Å². The molecule has 124 valence electrons. The van der Waals surface area contributed by atoms with E-state index in [1.165, 1.54) is 4.57 Å². The van der Waals surface area contributed by atoms with E-state index in [0.29, 0.717) is 23.9 Å². The molecule has 0 unspecified atom stereocenters. The maximum Gasteiger partial charge on any atom is 0.328 e. The molecule has 0 saturated heterocycles. The quantitative estimate of drug-likeness (QED) is 0.598. The second kappa shape index (κ2) is 6.95. The molecule has 1 aromatic carbocycles. The Morgan fingerprint density at radius 2 is 2.08 bits per heavy atom. The third kappa shape index (κ3) is 3.43. The van der Waals surface area contributed by atoms with Crippen molar-refractivity contribution in [2.24, 2.45) is 0 Å². The van der Waals surface area contributed by atoms with E-state index >= 15 is 0 Å². The van der Waals surface area contributed by atoms with E-state index in [1.807, 2.05) is 0 Å². The number of H-pyrrole nitrogens is 2. The van der Waals surface area contributed by atoms with Crippen molar-refractivity contribution < 1.29 is 4.79 Å². The number of amides is 1. The first-order valence-corrected chi connectivity index (χ1v) is 7.62. The lowest BCUT2D eigenvalue weighted by molar-refractivity contribution is -0.121. The molecule has 8 nitrogen and oxygen atoms in total. The van der Waals surface area contributed by atoms with Crippen LogP contribution in [0.15, 0.2) is 46.2 Å². The zero-order chi connectivity index (χ0) is 16.9. The second-order valence-corrected chi connectivity index (χ2v) is 5.31. The molecule has 8 heteroatoms. The van der Waals surface area contributed by atoms with Gasteiger partial charge in [0.15, 0.2) is 0 Å². The first-order chi connectivity index (χ1) is 11.6. The average molecular weight is 327 g/mol. The Bertz CT molecular complexity index is 956. The SMILES string of the molecule is O=C(CCn1c(=O)[nH]c(=O)c2ccccc21)NCCc1ncc[nH]1. The minimum atomic E-state index is -0.512. The Morgan fingerprint density at radius 3 is 2.88 bits per heavy atom. The van der Waals surface area contributed by atoms with Crippen molar-refractivity contribution in [3.05, 3.63) is 63.3 Å². The van der Waals surface area contributed by atoms with Crippen molar-refractivity contribution in [1.82, 2.24) is 24.8 Å². The highest BCUT2D eigenvalue weighted by Gasteiger charge is 2.09. The molecule has 0 fully saturated rings. The Kier molecular flexibility index (Phi) is 4.55. The number of aromatic nitrogens is 4. The monoisotopic (exact) mass is 327 g/mol. The van der Waals surface area contributed by atoms with Gasteiger partial charge in [0.25, 0.3) is 5.56 Å². The van der Waals surface area contributed by atoms with Crippen molar-refractivity contribution in [2.75, 3.05) is 6.54 Å². The molecule has 3 aromatic rings. The largest absolute Gasteiger partial charge is 0.356 e. The number of carbonyl (C=O) groups excluding carboxylic acids is 1. The molecule has 0 aliphatic carbocycles. The van der Waals surface area contributed by atoms with Gasteiger partial charge in [-0.2, -0.15) is 0 Å². The summed E-state index contributed by atoms with van der Waals surface area (Å²) in [6.45, 7) is 0.663. The van der Waals surface area contributed by atoms with Crippen molar-refractivity contribution >= 4 is 16.8 Å². The summed E-state index contributed by atoms with van der Waals surface area (Å²) < 4.78 is 1.41. The molecule has 3 N–H and O–H groups in total. The maximum absolute atomic E-state index is 12.0. The molecule has 0 saturated carbocycles. The van der Waals surface area contributed by atoms with E-state index in [-0.39, 0.29) is 18.9 Å². The second-order valence-electron chi connectivity index (χ2n) is 5.31. The van der Waals surface area contributed by atoms with Gasteiger partial charge in [0.05, 0.1) is 10.9 Å². The van der Waals surface area contributed by atoms with E-state index in [4.69, 9.17) is 0 Å². The Morgan fingerprint density at radius 1 is 1.25 bits per heavy atom. The third-order valence-corrected chi connectivity index (χ3v) is 3.71. The van der Waals surface area contributed by atoms with E-state index in [9.17, 15) is 14.4 Å². The van der Waals surface area contributed by atoms with Gasteiger partial charge >= 0.3 is 5.69 Å². The number of carbonyl (C=O) groups is 1. The van der Waals surface area contributed by atoms with Gasteiger partial charge < -0.3 is 10.3 Å². The highest BCUT2D eigenvalue weighted by Crippen LogP contribution is 2.06. The van der Waals surface area contributed by atoms with Crippen LogP contribution >= 0.6 is 0 Å². The molecular formula is C16H17N5O3. The van der Waals surface area contributed by atoms with Crippen LogP contribution in [0, 0.1) is 0 Å². The summed E-state index contributed by atoms with van der Waals surface area (Å²) in [5.41, 5.74) is -0.411. The minimum absolute atomic E-state index is 0.147. The van der Waals surface area contributed by atoms with Gasteiger partial charge in [-0.1, -0.05) is 12.1 Å². The number of imidazole rings is 1. The fourth-order valence-corrected chi connectivity index (χ4v) is 2.52. The van der Waals surface area contributed by atoms with E-state index in [2.05, 4.69) is 20.3 Å². The Balaban J connectivity index is 1.64. The van der Waals surface area contributed by atoms with E-state index in [1.54, 1.807) is 36.7 Å². The van der Waals surface area contributed by atoms with Crippen molar-refractivity contribution in [1.29, 1.82) is 0 Å². The normalized spacial score (nSPS) is 10.8. The molecule has 0 atom stereocenters. The van der Waals surface area contributed by atoms with Crippen LogP contribution in [0.3, 0.4) is 0 Å². The number of hydrogen-bond donors (Lipinski definition) is 3. The highest BCUT2D eigenvalue weighted by atomic mass is 16.2. The number of aryl methyl sites for hydroxylation is 1. The van der Waals surface area contributed by atoms with Gasteiger partial charge in [-0.15, -0.1) is 0 Å². The molecule has 0 spiro atoms. The molecular weight excluding hydrogens is 310 g/mol. The summed E-state index contributed by atoms with van der Waals surface area (Å²) in [5, 5.41) is 3.21. The van der Waals surface area contributed by atoms with Crippen LogP contribution < -0.4 is 16.6 Å². The van der Waals surface area contributed by atoms with Crippen LogP contribution in [-0.4, -0.2) is 32.0 Å². The number of benzene rings is 1. The van der Waals surface area contributed by atoms with Crippen molar-refractivity contribution in [2.45, 2.75) is 19.4 Å². The lowest BCUT2D eigenvalue weighted by Crippen LogP contribution is -2.33. The van der Waals surface area contributed by atoms with Crippen LogP contribution in [0.1, 0.15) is 12.2 Å². The smallest absolute Gasteiger partial charge is 0.328 e. The van der Waals surface area contributed by atoms with Crippen molar-refractivity contribution in [3.8, 4) is 0 Å². The van der Waals surface area contributed by atoms with Crippen LogP contribution in [0.4, 0.5) is 0 Å². The number of rotatable bonds is 6. The molecule has 2 aromatic heterocycles. The average Bonchev–Trinajstić information content (AvgIpc) is 3.08. The molecule has 2 heterocycles. The highest BCUT2D eigenvalue weighted by molar-refractivity contribution is 5.78. The van der Waals surface area contributed by atoms with E-state index in [0.717, 1.165) is 5.82 Å². The molecule has 0 aliphatic rings. The fourth-order valence-electron chi connectivity index (χ4n) is 2.52. The molecule has 0 aliphatic heterocycles. The van der Waals surface area contributed by atoms with Gasteiger partial charge in [-0.05, 0) is 12.1 Å². The zero-order valence-corrected chi connectivity index (χ0v) is 12.9. The summed E-state index contributed by atoms with van der Waals surface area (Å²) in [7, 11) is 0. The number of hydrogen-bond acceptors (Lipinski definition) is 4. The minimum Gasteiger partial charge on any atom is -0.356 e. The summed E-state index contributed by atoms with van der Waals surface area (Å²) in [4.78, 5) is 45.0. The van der Waals surface area contributed by atoms with Crippen LogP contribution in [0.5, 0.6) is 0 Å². The number of para-hydroxylation sites is 1. The first-order valence-electron chi connectivity index (χ1n) is 7.62. The van der Waals surface area contributed by atoms with Gasteiger partial charge in [-0.3, -0.25) is 19.1 Å². The lowest BCUT2D eigenvalue weighted by atomic mass is 10.2. The number of nitrogens with zero attached hydrogens (tertiary/aromatic N) is 2. The summed E-state index contributed by atoms with van der Waals surface area (Å²) >= 11 is 0. The number of fused-ring (bicyclic) bond motifs is 1. The summed E-state index contributed by atoms with van der Waals surface area (Å²) in [6, 6.07) is 6.82. The predicted molar refractivity (Wildman–Crippen MR) is 88.7 cm³/mol. The summed E-state index contributed by atoms with van der Waals surface area (Å²) in [6.07, 6.45) is 4.14. The van der Waals surface area contributed by atoms with Gasteiger partial charge in [0.2, 0.25) is 5.91 Å². The Hall–Kier alpha value is -3.16. The summed E-state index contributed by atoms with van der Waals surface area (Å²) in [5.74, 6) is 0.641. The third-order valence-electron chi connectivity index (χ3n) is 3.71. The van der Waals surface area contributed by atoms with Gasteiger partial charge in [-0.25, -0.2) is 9.78 Å². The molecule has 24 heavy (non-hydrogen) atoms. The predicted octanol–water partition coefficient (Wildman–Crippen LogP) is 0.162. The molecule has 0 radical (unpaired) electrons. The molecule has 0 bridgehead atoms. The topological polar surface area (TPSA) is 113 Å². The molecule has 3 rings (SSSR count). The fraction of sp³-hybridized carbons (Fsp3) is 0.250. The number of aromatic amines is 2. The Labute approximate surface area is 136 Å². The van der Waals surface area contributed by atoms with Crippen LogP contribution in [0.2, 0.25) is 0 Å². The first kappa shape index (κ1) is 15.7. The maximum atomic E-state index is 12.0.